The maximum atomic E-state index is 6.05. The highest BCUT2D eigenvalue weighted by Gasteiger charge is 2.09. The summed E-state index contributed by atoms with van der Waals surface area (Å²) in [6.45, 7) is 6.46. The summed E-state index contributed by atoms with van der Waals surface area (Å²) in [6.07, 6.45) is 0. The molecule has 0 spiro atoms. The zero-order valence-electron chi connectivity index (χ0n) is 8.84. The molecule has 3 N–H and O–H groups in total. The van der Waals surface area contributed by atoms with Crippen molar-refractivity contribution in [3.05, 3.63) is 23.2 Å². The quantitative estimate of drug-likeness (QED) is 0.754. The van der Waals surface area contributed by atoms with Gasteiger partial charge in [-0.05, 0) is 25.0 Å². The Morgan fingerprint density at radius 1 is 1.29 bits per heavy atom. The van der Waals surface area contributed by atoms with Crippen molar-refractivity contribution in [2.24, 2.45) is 5.92 Å². The topological polar surface area (TPSA) is 38.0 Å². The van der Waals surface area contributed by atoms with E-state index in [1.165, 1.54) is 0 Å². The lowest BCUT2D eigenvalue weighted by molar-refractivity contribution is 0.560. The number of nitrogens with one attached hydrogen (secondary N) is 1. The van der Waals surface area contributed by atoms with Gasteiger partial charge in [-0.3, -0.25) is 0 Å². The monoisotopic (exact) mass is 212 g/mol. The molecule has 0 aliphatic carbocycles. The Kier molecular flexibility index (Phi) is 3.64. The number of nitrogen functional groups attached to an aromatic ring is 1. The van der Waals surface area contributed by atoms with E-state index in [4.69, 9.17) is 17.3 Å². The van der Waals surface area contributed by atoms with Crippen LogP contribution >= 0.6 is 11.6 Å². The van der Waals surface area contributed by atoms with E-state index in [0.717, 1.165) is 5.69 Å². The predicted octanol–water partition coefficient (Wildman–Crippen LogP) is 3.38. The summed E-state index contributed by atoms with van der Waals surface area (Å²) in [7, 11) is 0. The van der Waals surface area contributed by atoms with Gasteiger partial charge < -0.3 is 11.1 Å². The summed E-state index contributed by atoms with van der Waals surface area (Å²) < 4.78 is 0. The van der Waals surface area contributed by atoms with Gasteiger partial charge in [0.15, 0.2) is 0 Å². The lowest BCUT2D eigenvalue weighted by Gasteiger charge is -2.20. The first-order valence-corrected chi connectivity index (χ1v) is 5.20. The minimum absolute atomic E-state index is 0.384. The number of hydrogen-bond donors (Lipinski definition) is 2. The zero-order valence-corrected chi connectivity index (χ0v) is 9.60. The number of benzene rings is 1. The minimum atomic E-state index is 0.384. The zero-order chi connectivity index (χ0) is 10.7. The van der Waals surface area contributed by atoms with Crippen molar-refractivity contribution in [2.75, 3.05) is 11.1 Å². The first kappa shape index (κ1) is 11.2. The second kappa shape index (κ2) is 4.56. The maximum Gasteiger partial charge on any atom is 0.0866 e. The van der Waals surface area contributed by atoms with E-state index in [1.807, 2.05) is 12.1 Å². The predicted molar refractivity (Wildman–Crippen MR) is 63.8 cm³/mol. The molecule has 0 aliphatic rings. The highest BCUT2D eigenvalue weighted by molar-refractivity contribution is 6.35. The van der Waals surface area contributed by atoms with E-state index in [2.05, 4.69) is 26.1 Å². The summed E-state index contributed by atoms with van der Waals surface area (Å²) in [5.74, 6) is 0.562. The van der Waals surface area contributed by atoms with E-state index in [-0.39, 0.29) is 0 Å². The molecule has 1 unspecified atom stereocenters. The highest BCUT2D eigenvalue weighted by Crippen LogP contribution is 2.28. The molecule has 0 aromatic heterocycles. The van der Waals surface area contributed by atoms with Crippen LogP contribution in [0.1, 0.15) is 20.8 Å². The molecule has 1 aromatic rings. The molecular weight excluding hydrogens is 196 g/mol. The fourth-order valence-corrected chi connectivity index (χ4v) is 1.25. The molecule has 78 valence electrons. The summed E-state index contributed by atoms with van der Waals surface area (Å²) >= 11 is 6.05. The van der Waals surface area contributed by atoms with Gasteiger partial charge in [-0.1, -0.05) is 31.5 Å². The number of anilines is 2. The first-order valence-electron chi connectivity index (χ1n) is 4.83. The molecule has 1 aromatic carbocycles. The molecule has 0 fully saturated rings. The van der Waals surface area contributed by atoms with Gasteiger partial charge in [0.25, 0.3) is 0 Å². The summed E-state index contributed by atoms with van der Waals surface area (Å²) in [5.41, 5.74) is 7.23. The second-order valence-corrected chi connectivity index (χ2v) is 4.26. The normalized spacial score (nSPS) is 12.9. The van der Waals surface area contributed by atoms with Crippen LogP contribution in [0, 0.1) is 5.92 Å². The van der Waals surface area contributed by atoms with Crippen molar-refractivity contribution >= 4 is 23.0 Å². The van der Waals surface area contributed by atoms with Crippen LogP contribution in [0.5, 0.6) is 0 Å². The van der Waals surface area contributed by atoms with Gasteiger partial charge in [0.2, 0.25) is 0 Å². The summed E-state index contributed by atoms with van der Waals surface area (Å²) in [6, 6.07) is 6.02. The minimum Gasteiger partial charge on any atom is -0.397 e. The Labute approximate surface area is 90.4 Å². The number of rotatable bonds is 3. The van der Waals surface area contributed by atoms with Crippen LogP contribution in [0.2, 0.25) is 5.02 Å². The average molecular weight is 213 g/mol. The molecule has 0 amide bonds. The lowest BCUT2D eigenvalue weighted by Crippen LogP contribution is -2.21. The summed E-state index contributed by atoms with van der Waals surface area (Å²) in [4.78, 5) is 0. The lowest BCUT2D eigenvalue weighted by atomic mass is 10.1. The number of halogens is 1. The molecule has 1 atom stereocenters. The van der Waals surface area contributed by atoms with Crippen molar-refractivity contribution in [2.45, 2.75) is 26.8 Å². The molecule has 0 saturated heterocycles. The van der Waals surface area contributed by atoms with E-state index in [9.17, 15) is 0 Å². The first-order chi connectivity index (χ1) is 6.52. The molecule has 14 heavy (non-hydrogen) atoms. The van der Waals surface area contributed by atoms with Crippen LogP contribution in [0.25, 0.3) is 0 Å². The molecule has 1 rings (SSSR count). The largest absolute Gasteiger partial charge is 0.397 e. The molecular formula is C11H17ClN2. The standard InChI is InChI=1S/C11H17ClN2/c1-7(2)8(3)14-10-6-4-5-9(13)11(10)12/h4-8,14H,13H2,1-3H3. The van der Waals surface area contributed by atoms with E-state index >= 15 is 0 Å². The summed E-state index contributed by atoms with van der Waals surface area (Å²) in [5, 5.41) is 3.95. The van der Waals surface area contributed by atoms with Crippen LogP contribution in [0.3, 0.4) is 0 Å². The average Bonchev–Trinajstić information content (AvgIpc) is 2.12. The second-order valence-electron chi connectivity index (χ2n) is 3.89. The smallest absolute Gasteiger partial charge is 0.0866 e. The fourth-order valence-electron chi connectivity index (χ4n) is 1.07. The fraction of sp³-hybridized carbons (Fsp3) is 0.455. The van der Waals surface area contributed by atoms with Crippen molar-refractivity contribution in [1.29, 1.82) is 0 Å². The van der Waals surface area contributed by atoms with Gasteiger partial charge >= 0.3 is 0 Å². The highest BCUT2D eigenvalue weighted by atomic mass is 35.5. The molecule has 3 heteroatoms. The molecule has 2 nitrogen and oxygen atoms in total. The third-order valence-corrected chi connectivity index (χ3v) is 2.83. The van der Waals surface area contributed by atoms with Crippen molar-refractivity contribution in [1.82, 2.24) is 0 Å². The molecule has 0 heterocycles. The Balaban J connectivity index is 2.82. The van der Waals surface area contributed by atoms with Crippen molar-refractivity contribution in [3.8, 4) is 0 Å². The van der Waals surface area contributed by atoms with Gasteiger partial charge in [-0.2, -0.15) is 0 Å². The Hall–Kier alpha value is -0.890. The van der Waals surface area contributed by atoms with Gasteiger partial charge in [0.05, 0.1) is 16.4 Å². The Morgan fingerprint density at radius 2 is 1.93 bits per heavy atom. The Morgan fingerprint density at radius 3 is 2.50 bits per heavy atom. The van der Waals surface area contributed by atoms with Crippen LogP contribution in [0.4, 0.5) is 11.4 Å². The van der Waals surface area contributed by atoms with Crippen LogP contribution in [0.15, 0.2) is 18.2 Å². The Bertz CT molecular complexity index is 310. The van der Waals surface area contributed by atoms with Gasteiger partial charge in [0, 0.05) is 6.04 Å². The third kappa shape index (κ3) is 2.55. The maximum absolute atomic E-state index is 6.05. The van der Waals surface area contributed by atoms with E-state index in [0.29, 0.717) is 22.7 Å². The molecule has 0 radical (unpaired) electrons. The molecule has 0 aliphatic heterocycles. The van der Waals surface area contributed by atoms with Gasteiger partial charge in [0.1, 0.15) is 0 Å². The van der Waals surface area contributed by atoms with Crippen LogP contribution in [-0.2, 0) is 0 Å². The van der Waals surface area contributed by atoms with Crippen LogP contribution < -0.4 is 11.1 Å². The van der Waals surface area contributed by atoms with Crippen molar-refractivity contribution in [3.63, 3.8) is 0 Å². The number of nitrogens with two attached hydrogens (primary N) is 1. The van der Waals surface area contributed by atoms with Gasteiger partial charge in [-0.25, -0.2) is 0 Å². The molecule has 0 saturated carbocycles. The van der Waals surface area contributed by atoms with Gasteiger partial charge in [-0.15, -0.1) is 0 Å². The third-order valence-electron chi connectivity index (χ3n) is 2.41. The van der Waals surface area contributed by atoms with E-state index in [1.54, 1.807) is 6.07 Å². The van der Waals surface area contributed by atoms with Crippen molar-refractivity contribution < 1.29 is 0 Å². The van der Waals surface area contributed by atoms with Crippen LogP contribution in [-0.4, -0.2) is 6.04 Å². The number of hydrogen-bond acceptors (Lipinski definition) is 2. The van der Waals surface area contributed by atoms with E-state index < -0.39 is 0 Å². The molecule has 0 bridgehead atoms. The SMILES string of the molecule is CC(C)C(C)Nc1cccc(N)c1Cl.